The fourth-order valence-electron chi connectivity index (χ4n) is 3.13. The number of para-hydroxylation sites is 2. The molecule has 0 aliphatic heterocycles. The first-order valence-corrected chi connectivity index (χ1v) is 8.66. The van der Waals surface area contributed by atoms with Crippen LogP contribution >= 0.6 is 0 Å². The molecule has 0 unspecified atom stereocenters. The molecule has 26 heavy (non-hydrogen) atoms. The van der Waals surface area contributed by atoms with Crippen molar-refractivity contribution >= 4 is 22.5 Å². The fourth-order valence-corrected chi connectivity index (χ4v) is 3.13. The second-order valence-corrected chi connectivity index (χ2v) is 5.91. The number of carbonyl (C=O) groups excluding carboxylic acids is 1. The molecule has 0 saturated carbocycles. The lowest BCUT2D eigenvalue weighted by Gasteiger charge is -2.22. The minimum atomic E-state index is -0.464. The molecule has 1 amide bonds. The predicted molar refractivity (Wildman–Crippen MR) is 103 cm³/mol. The highest BCUT2D eigenvalue weighted by molar-refractivity contribution is 5.94. The molecule has 1 heterocycles. The summed E-state index contributed by atoms with van der Waals surface area (Å²) in [7, 11) is 0. The number of carbonyl (C=O) groups is 1. The van der Waals surface area contributed by atoms with Crippen LogP contribution in [0.1, 0.15) is 13.8 Å². The maximum atomic E-state index is 12.9. The van der Waals surface area contributed by atoms with Gasteiger partial charge in [-0.2, -0.15) is 0 Å². The van der Waals surface area contributed by atoms with Gasteiger partial charge in [-0.3, -0.25) is 18.7 Å². The molecule has 1 aromatic heterocycles. The van der Waals surface area contributed by atoms with Gasteiger partial charge in [-0.15, -0.1) is 0 Å². The summed E-state index contributed by atoms with van der Waals surface area (Å²) in [4.78, 5) is 39.8. The van der Waals surface area contributed by atoms with Gasteiger partial charge < -0.3 is 4.90 Å². The van der Waals surface area contributed by atoms with Crippen LogP contribution in [0, 0.1) is 0 Å². The number of hydrogen-bond donors (Lipinski definition) is 0. The first-order chi connectivity index (χ1) is 12.6. The summed E-state index contributed by atoms with van der Waals surface area (Å²) in [6, 6.07) is 16.2. The second-order valence-electron chi connectivity index (χ2n) is 5.91. The van der Waals surface area contributed by atoms with E-state index >= 15 is 0 Å². The fraction of sp³-hybridized carbons (Fsp3) is 0.250. The number of hydrogen-bond acceptors (Lipinski definition) is 3. The molecule has 0 aliphatic rings. The van der Waals surface area contributed by atoms with E-state index in [0.29, 0.717) is 17.4 Å². The third-order valence-electron chi connectivity index (χ3n) is 4.43. The average molecular weight is 351 g/mol. The second kappa shape index (κ2) is 7.39. The molecule has 0 spiro atoms. The van der Waals surface area contributed by atoms with Crippen molar-refractivity contribution in [2.75, 3.05) is 11.4 Å². The minimum Gasteiger partial charge on any atom is -0.311 e. The molecule has 3 rings (SSSR count). The molecule has 0 N–H and O–H groups in total. The van der Waals surface area contributed by atoms with Crippen LogP contribution in [-0.2, 0) is 17.9 Å². The quantitative estimate of drug-likeness (QED) is 0.708. The van der Waals surface area contributed by atoms with Gasteiger partial charge >= 0.3 is 5.69 Å². The summed E-state index contributed by atoms with van der Waals surface area (Å²) in [5.41, 5.74) is 0.465. The van der Waals surface area contributed by atoms with Crippen molar-refractivity contribution in [1.29, 1.82) is 0 Å². The van der Waals surface area contributed by atoms with Gasteiger partial charge in [0, 0.05) is 18.8 Å². The minimum absolute atomic E-state index is 0.123. The van der Waals surface area contributed by atoms with Crippen LogP contribution in [0.15, 0.2) is 64.2 Å². The van der Waals surface area contributed by atoms with Crippen LogP contribution in [0.5, 0.6) is 0 Å². The van der Waals surface area contributed by atoms with Crippen molar-refractivity contribution < 1.29 is 4.79 Å². The summed E-state index contributed by atoms with van der Waals surface area (Å²) in [5, 5.41) is 0.435. The third-order valence-corrected chi connectivity index (χ3v) is 4.43. The number of anilines is 1. The summed E-state index contributed by atoms with van der Waals surface area (Å²) in [6.45, 7) is 4.25. The number of benzene rings is 2. The van der Waals surface area contributed by atoms with E-state index in [1.165, 1.54) is 4.57 Å². The molecule has 0 bridgehead atoms. The Morgan fingerprint density at radius 2 is 1.58 bits per heavy atom. The maximum absolute atomic E-state index is 12.9. The smallest absolute Gasteiger partial charge is 0.311 e. The first-order valence-electron chi connectivity index (χ1n) is 8.66. The van der Waals surface area contributed by atoms with Crippen molar-refractivity contribution in [2.24, 2.45) is 0 Å². The number of aromatic nitrogens is 2. The lowest BCUT2D eigenvalue weighted by molar-refractivity contribution is -0.119. The van der Waals surface area contributed by atoms with Gasteiger partial charge in [-0.05, 0) is 38.1 Å². The van der Waals surface area contributed by atoms with Crippen LogP contribution < -0.4 is 16.1 Å². The zero-order valence-corrected chi connectivity index (χ0v) is 14.9. The SMILES string of the molecule is CCN(C(=O)Cn1c(=O)n(CC)c(=O)c2ccccc21)c1ccccc1. The summed E-state index contributed by atoms with van der Waals surface area (Å²) in [5.74, 6) is -0.202. The van der Waals surface area contributed by atoms with E-state index in [1.54, 1.807) is 36.1 Å². The van der Waals surface area contributed by atoms with Crippen molar-refractivity contribution in [2.45, 2.75) is 26.9 Å². The van der Waals surface area contributed by atoms with Gasteiger partial charge in [-0.1, -0.05) is 30.3 Å². The predicted octanol–water partition coefficient (Wildman–Crippen LogP) is 2.24. The van der Waals surface area contributed by atoms with Crippen molar-refractivity contribution in [1.82, 2.24) is 9.13 Å². The number of likely N-dealkylation sites (N-methyl/N-ethyl adjacent to an activating group) is 1. The van der Waals surface area contributed by atoms with Gasteiger partial charge in [0.05, 0.1) is 10.9 Å². The Morgan fingerprint density at radius 3 is 2.23 bits per heavy atom. The molecule has 2 aromatic carbocycles. The van der Waals surface area contributed by atoms with E-state index in [2.05, 4.69) is 0 Å². The Balaban J connectivity index is 2.10. The van der Waals surface area contributed by atoms with Gasteiger partial charge in [0.15, 0.2) is 0 Å². The number of fused-ring (bicyclic) bond motifs is 1. The van der Waals surface area contributed by atoms with E-state index in [0.717, 1.165) is 10.3 Å². The van der Waals surface area contributed by atoms with Gasteiger partial charge in [0.25, 0.3) is 5.56 Å². The topological polar surface area (TPSA) is 64.3 Å². The van der Waals surface area contributed by atoms with Crippen molar-refractivity contribution in [3.05, 3.63) is 75.4 Å². The van der Waals surface area contributed by atoms with E-state index in [4.69, 9.17) is 0 Å². The summed E-state index contributed by atoms with van der Waals surface area (Å²) < 4.78 is 2.54. The summed E-state index contributed by atoms with van der Waals surface area (Å²) in [6.07, 6.45) is 0. The molecule has 0 saturated heterocycles. The molecular weight excluding hydrogens is 330 g/mol. The molecule has 0 atom stereocenters. The Kier molecular flexibility index (Phi) is 5.02. The van der Waals surface area contributed by atoms with Crippen molar-refractivity contribution in [3.63, 3.8) is 0 Å². The van der Waals surface area contributed by atoms with Crippen LogP contribution in [0.2, 0.25) is 0 Å². The van der Waals surface area contributed by atoms with Gasteiger partial charge in [0.1, 0.15) is 6.54 Å². The van der Waals surface area contributed by atoms with Crippen LogP contribution in [0.25, 0.3) is 10.9 Å². The zero-order chi connectivity index (χ0) is 18.7. The van der Waals surface area contributed by atoms with Crippen LogP contribution in [-0.4, -0.2) is 21.6 Å². The van der Waals surface area contributed by atoms with E-state index in [1.807, 2.05) is 37.3 Å². The normalized spacial score (nSPS) is 10.8. The van der Waals surface area contributed by atoms with Crippen LogP contribution in [0.4, 0.5) is 5.69 Å². The van der Waals surface area contributed by atoms with E-state index in [-0.39, 0.29) is 24.6 Å². The van der Waals surface area contributed by atoms with Gasteiger partial charge in [0.2, 0.25) is 5.91 Å². The lowest BCUT2D eigenvalue weighted by Crippen LogP contribution is -2.43. The Hall–Kier alpha value is -3.15. The maximum Gasteiger partial charge on any atom is 0.331 e. The molecule has 134 valence electrons. The third kappa shape index (κ3) is 3.06. The highest BCUT2D eigenvalue weighted by Crippen LogP contribution is 2.14. The highest BCUT2D eigenvalue weighted by atomic mass is 16.2. The van der Waals surface area contributed by atoms with Gasteiger partial charge in [-0.25, -0.2) is 4.79 Å². The standard InChI is InChI=1S/C20H21N3O3/c1-3-21(15-10-6-5-7-11-15)18(24)14-23-17-13-9-8-12-16(17)19(25)22(4-2)20(23)26/h5-13H,3-4,14H2,1-2H3. The molecule has 3 aromatic rings. The van der Waals surface area contributed by atoms with Crippen LogP contribution in [0.3, 0.4) is 0 Å². The largest absolute Gasteiger partial charge is 0.331 e. The monoisotopic (exact) mass is 351 g/mol. The Bertz CT molecular complexity index is 1050. The number of amides is 1. The zero-order valence-electron chi connectivity index (χ0n) is 14.9. The first kappa shape index (κ1) is 17.7. The molecule has 0 radical (unpaired) electrons. The summed E-state index contributed by atoms with van der Waals surface area (Å²) >= 11 is 0. The van der Waals surface area contributed by atoms with E-state index in [9.17, 15) is 14.4 Å². The molecule has 6 nitrogen and oxygen atoms in total. The molecular formula is C20H21N3O3. The van der Waals surface area contributed by atoms with Crippen molar-refractivity contribution in [3.8, 4) is 0 Å². The Morgan fingerprint density at radius 1 is 0.923 bits per heavy atom. The number of rotatable bonds is 5. The lowest BCUT2D eigenvalue weighted by atomic mass is 10.2. The Labute approximate surface area is 150 Å². The highest BCUT2D eigenvalue weighted by Gasteiger charge is 2.18. The average Bonchev–Trinajstić information content (AvgIpc) is 2.67. The van der Waals surface area contributed by atoms with E-state index < -0.39 is 5.69 Å². The molecule has 0 aliphatic carbocycles. The molecule has 0 fully saturated rings. The number of nitrogens with zero attached hydrogens (tertiary/aromatic N) is 3. The molecule has 6 heteroatoms.